The van der Waals surface area contributed by atoms with Gasteiger partial charge in [0.2, 0.25) is 5.91 Å². The van der Waals surface area contributed by atoms with Crippen molar-refractivity contribution >= 4 is 35.1 Å². The van der Waals surface area contributed by atoms with Crippen molar-refractivity contribution in [3.05, 3.63) is 28.5 Å². The number of piperidine rings is 1. The zero-order chi connectivity index (χ0) is 15.2. The van der Waals surface area contributed by atoms with E-state index in [4.69, 9.17) is 0 Å². The number of nitrogens with one attached hydrogen (secondary N) is 1. The van der Waals surface area contributed by atoms with Crippen molar-refractivity contribution in [1.82, 2.24) is 10.2 Å². The van der Waals surface area contributed by atoms with E-state index in [9.17, 15) is 4.79 Å². The molecule has 1 atom stereocenters. The van der Waals surface area contributed by atoms with Crippen LogP contribution in [0.2, 0.25) is 0 Å². The number of likely N-dealkylation sites (tertiary alicyclic amines) is 1. The number of rotatable bonds is 5. The maximum atomic E-state index is 11.8. The lowest BCUT2D eigenvalue weighted by molar-refractivity contribution is -0.116. The van der Waals surface area contributed by atoms with Crippen molar-refractivity contribution in [2.45, 2.75) is 25.3 Å². The van der Waals surface area contributed by atoms with Gasteiger partial charge in [-0.1, -0.05) is 0 Å². The Bertz CT molecular complexity index is 487. The molecule has 2 saturated heterocycles. The topological polar surface area (TPSA) is 32.3 Å². The average Bonchev–Trinajstić information content (AvgIpc) is 3.24. The predicted molar refractivity (Wildman–Crippen MR) is 96.4 cm³/mol. The van der Waals surface area contributed by atoms with Gasteiger partial charge in [0.1, 0.15) is 0 Å². The van der Waals surface area contributed by atoms with Crippen molar-refractivity contribution in [2.24, 2.45) is 5.92 Å². The van der Waals surface area contributed by atoms with E-state index < -0.39 is 0 Å². The number of carbonyl (C=O) groups excluding carboxylic acids is 1. The molecule has 0 aliphatic carbocycles. The Hall–Kier alpha value is -0.780. The van der Waals surface area contributed by atoms with E-state index in [0.717, 1.165) is 18.2 Å². The van der Waals surface area contributed by atoms with Crippen LogP contribution in [0, 0.1) is 5.92 Å². The molecular weight excluding hydrogens is 312 g/mol. The summed E-state index contributed by atoms with van der Waals surface area (Å²) < 4.78 is 0. The molecule has 0 bridgehead atoms. The number of thioether (sulfide) groups is 1. The summed E-state index contributed by atoms with van der Waals surface area (Å²) >= 11 is 3.74. The molecule has 1 aromatic heterocycles. The first-order chi connectivity index (χ1) is 10.8. The smallest absolute Gasteiger partial charge is 0.244 e. The zero-order valence-corrected chi connectivity index (χ0v) is 14.5. The molecule has 3 heterocycles. The van der Waals surface area contributed by atoms with Gasteiger partial charge in [-0.2, -0.15) is 23.1 Å². The van der Waals surface area contributed by atoms with Gasteiger partial charge in [0.05, 0.1) is 0 Å². The third-order valence-electron chi connectivity index (χ3n) is 4.61. The predicted octanol–water partition coefficient (Wildman–Crippen LogP) is 3.10. The first-order valence-electron chi connectivity index (χ1n) is 8.11. The lowest BCUT2D eigenvalue weighted by Gasteiger charge is -2.35. The lowest BCUT2D eigenvalue weighted by Crippen LogP contribution is -2.43. The Morgan fingerprint density at radius 1 is 1.36 bits per heavy atom. The maximum Gasteiger partial charge on any atom is 0.244 e. The van der Waals surface area contributed by atoms with Crippen molar-refractivity contribution in [2.75, 3.05) is 31.1 Å². The van der Waals surface area contributed by atoms with Crippen LogP contribution in [0.15, 0.2) is 22.9 Å². The van der Waals surface area contributed by atoms with Crippen LogP contribution in [-0.2, 0) is 4.79 Å². The highest BCUT2D eigenvalue weighted by Crippen LogP contribution is 2.26. The van der Waals surface area contributed by atoms with Crippen LogP contribution in [-0.4, -0.2) is 48.0 Å². The summed E-state index contributed by atoms with van der Waals surface area (Å²) in [6, 6.07) is 2.83. The molecule has 22 heavy (non-hydrogen) atoms. The number of amides is 1. The first-order valence-corrected chi connectivity index (χ1v) is 10.2. The molecule has 1 aromatic rings. The summed E-state index contributed by atoms with van der Waals surface area (Å²) in [7, 11) is 0. The van der Waals surface area contributed by atoms with Crippen LogP contribution in [0.1, 0.15) is 24.8 Å². The number of nitrogens with zero attached hydrogens (tertiary/aromatic N) is 1. The Balaban J connectivity index is 1.35. The molecule has 2 fully saturated rings. The summed E-state index contributed by atoms with van der Waals surface area (Å²) in [5.74, 6) is 3.32. The van der Waals surface area contributed by atoms with Crippen LogP contribution in [0.25, 0.3) is 6.08 Å². The minimum absolute atomic E-state index is 0.0285. The molecule has 2 aliphatic rings. The molecule has 1 amide bonds. The maximum absolute atomic E-state index is 11.8. The van der Waals surface area contributed by atoms with Crippen LogP contribution >= 0.6 is 23.1 Å². The fraction of sp³-hybridized carbons (Fsp3) is 0.588. The summed E-state index contributed by atoms with van der Waals surface area (Å²) in [6.45, 7) is 3.23. The third-order valence-corrected chi connectivity index (χ3v) is 6.45. The first kappa shape index (κ1) is 16.1. The third kappa shape index (κ3) is 4.61. The van der Waals surface area contributed by atoms with E-state index in [1.165, 1.54) is 43.9 Å². The molecule has 1 unspecified atom stereocenters. The summed E-state index contributed by atoms with van der Waals surface area (Å²) in [4.78, 5) is 14.5. The SMILES string of the molecule is O=C(/C=C/c1ccsc1)NCC1CCN(C2CCSC2)CC1. The number of thiophene rings is 1. The van der Waals surface area contributed by atoms with Gasteiger partial charge < -0.3 is 5.32 Å². The monoisotopic (exact) mass is 336 g/mol. The highest BCUT2D eigenvalue weighted by molar-refractivity contribution is 7.99. The van der Waals surface area contributed by atoms with Crippen molar-refractivity contribution in [3.63, 3.8) is 0 Å². The quantitative estimate of drug-likeness (QED) is 0.839. The van der Waals surface area contributed by atoms with Gasteiger partial charge in [0.25, 0.3) is 0 Å². The fourth-order valence-corrected chi connectivity index (χ4v) is 5.06. The fourth-order valence-electron chi connectivity index (χ4n) is 3.18. The van der Waals surface area contributed by atoms with Crippen LogP contribution in [0.4, 0.5) is 0 Å². The van der Waals surface area contributed by atoms with Gasteiger partial charge in [-0.25, -0.2) is 0 Å². The zero-order valence-electron chi connectivity index (χ0n) is 12.9. The molecule has 5 heteroatoms. The standard InChI is InChI=1S/C17H24N2OS2/c20-17(2-1-15-5-9-21-12-15)18-11-14-3-7-19(8-4-14)16-6-10-22-13-16/h1-2,5,9,12,14,16H,3-4,6-8,10-11,13H2,(H,18,20)/b2-1+. The number of carbonyl (C=O) groups is 1. The van der Waals surface area contributed by atoms with E-state index in [1.54, 1.807) is 17.4 Å². The van der Waals surface area contributed by atoms with E-state index >= 15 is 0 Å². The van der Waals surface area contributed by atoms with Gasteiger partial charge >= 0.3 is 0 Å². The van der Waals surface area contributed by atoms with Crippen LogP contribution in [0.3, 0.4) is 0 Å². The van der Waals surface area contributed by atoms with Crippen molar-refractivity contribution in [1.29, 1.82) is 0 Å². The molecule has 2 aliphatic heterocycles. The Morgan fingerprint density at radius 2 is 2.23 bits per heavy atom. The lowest BCUT2D eigenvalue weighted by atomic mass is 9.95. The van der Waals surface area contributed by atoms with Gasteiger partial charge in [-0.3, -0.25) is 9.69 Å². The van der Waals surface area contributed by atoms with E-state index in [2.05, 4.69) is 22.0 Å². The molecule has 0 spiro atoms. The van der Waals surface area contributed by atoms with Crippen molar-refractivity contribution < 1.29 is 4.79 Å². The molecule has 120 valence electrons. The van der Waals surface area contributed by atoms with Crippen molar-refractivity contribution in [3.8, 4) is 0 Å². The molecular formula is C17H24N2OS2. The largest absolute Gasteiger partial charge is 0.352 e. The Kier molecular flexibility index (Phi) is 5.98. The molecule has 1 N–H and O–H groups in total. The highest BCUT2D eigenvalue weighted by Gasteiger charge is 2.27. The minimum Gasteiger partial charge on any atom is -0.352 e. The normalized spacial score (nSPS) is 24.1. The summed E-state index contributed by atoms with van der Waals surface area (Å²) in [5.41, 5.74) is 1.10. The molecule has 0 aromatic carbocycles. The van der Waals surface area contributed by atoms with Gasteiger partial charge in [0, 0.05) is 24.4 Å². The summed E-state index contributed by atoms with van der Waals surface area (Å²) in [5, 5.41) is 7.12. The second-order valence-electron chi connectivity index (χ2n) is 6.13. The van der Waals surface area contributed by atoms with E-state index in [1.807, 2.05) is 22.9 Å². The minimum atomic E-state index is 0.0285. The second-order valence-corrected chi connectivity index (χ2v) is 8.06. The Labute approximate surface area is 141 Å². The second kappa shape index (κ2) is 8.18. The molecule has 0 radical (unpaired) electrons. The van der Waals surface area contributed by atoms with Gasteiger partial charge in [-0.05, 0) is 72.5 Å². The highest BCUT2D eigenvalue weighted by atomic mass is 32.2. The molecule has 3 nitrogen and oxygen atoms in total. The van der Waals surface area contributed by atoms with E-state index in [-0.39, 0.29) is 5.91 Å². The summed E-state index contributed by atoms with van der Waals surface area (Å²) in [6.07, 6.45) is 7.32. The number of hydrogen-bond donors (Lipinski definition) is 1. The van der Waals surface area contributed by atoms with E-state index in [0.29, 0.717) is 5.92 Å². The van der Waals surface area contributed by atoms with Gasteiger partial charge in [0.15, 0.2) is 0 Å². The van der Waals surface area contributed by atoms with Crippen LogP contribution in [0.5, 0.6) is 0 Å². The average molecular weight is 337 g/mol. The molecule has 3 rings (SSSR count). The number of hydrogen-bond acceptors (Lipinski definition) is 4. The molecule has 0 saturated carbocycles. The Morgan fingerprint density at radius 3 is 2.91 bits per heavy atom. The van der Waals surface area contributed by atoms with Crippen LogP contribution < -0.4 is 5.32 Å². The van der Waals surface area contributed by atoms with Gasteiger partial charge in [-0.15, -0.1) is 0 Å².